The molecular formula is C12H18ClN3O3S. The van der Waals surface area contributed by atoms with Crippen molar-refractivity contribution in [2.75, 3.05) is 11.9 Å². The fraction of sp³-hybridized carbons (Fsp3) is 0.417. The van der Waals surface area contributed by atoms with Crippen LogP contribution in [0.5, 0.6) is 0 Å². The molecule has 112 valence electrons. The van der Waals surface area contributed by atoms with Crippen LogP contribution >= 0.6 is 12.4 Å². The molecule has 20 heavy (non-hydrogen) atoms. The fourth-order valence-corrected chi connectivity index (χ4v) is 2.71. The Bertz CT molecular complexity index is 554. The molecule has 0 spiro atoms. The summed E-state index contributed by atoms with van der Waals surface area (Å²) in [6.07, 6.45) is 1.85. The van der Waals surface area contributed by atoms with Gasteiger partial charge < -0.3 is 10.6 Å². The van der Waals surface area contributed by atoms with Crippen LogP contribution in [0, 0.1) is 0 Å². The number of sulfonamides is 1. The Morgan fingerprint density at radius 1 is 1.35 bits per heavy atom. The van der Waals surface area contributed by atoms with Gasteiger partial charge in [-0.25, -0.2) is 13.6 Å². The van der Waals surface area contributed by atoms with Crippen LogP contribution in [0.3, 0.4) is 0 Å². The predicted molar refractivity (Wildman–Crippen MR) is 80.2 cm³/mol. The Morgan fingerprint density at radius 3 is 2.50 bits per heavy atom. The Morgan fingerprint density at radius 2 is 2.00 bits per heavy atom. The Kier molecular flexibility index (Phi) is 5.94. The van der Waals surface area contributed by atoms with Gasteiger partial charge >= 0.3 is 0 Å². The summed E-state index contributed by atoms with van der Waals surface area (Å²) in [6.45, 7) is 0.866. The third-order valence-electron chi connectivity index (χ3n) is 2.97. The first-order chi connectivity index (χ1) is 8.94. The number of carbonyl (C=O) groups excluding carboxylic acids is 1. The van der Waals surface area contributed by atoms with Crippen LogP contribution in [0.25, 0.3) is 0 Å². The molecule has 8 heteroatoms. The zero-order valence-electron chi connectivity index (χ0n) is 10.8. The van der Waals surface area contributed by atoms with Crippen LogP contribution in [-0.2, 0) is 20.6 Å². The summed E-state index contributed by atoms with van der Waals surface area (Å²) in [5.41, 5.74) is 1.25. The Balaban J connectivity index is 0.00000200. The van der Waals surface area contributed by atoms with E-state index in [0.717, 1.165) is 19.4 Å². The third-order valence-corrected chi connectivity index (χ3v) is 3.70. The lowest BCUT2D eigenvalue weighted by Crippen LogP contribution is -2.35. The Hall–Kier alpha value is -1.15. The molecule has 0 aromatic heterocycles. The number of benzene rings is 1. The maximum atomic E-state index is 11.8. The first-order valence-electron chi connectivity index (χ1n) is 6.08. The normalized spacial score (nSPS) is 18.4. The minimum Gasteiger partial charge on any atom is -0.325 e. The van der Waals surface area contributed by atoms with E-state index < -0.39 is 10.0 Å². The van der Waals surface area contributed by atoms with Gasteiger partial charge in [0.1, 0.15) is 0 Å². The Labute approximate surface area is 124 Å². The van der Waals surface area contributed by atoms with Crippen molar-refractivity contribution in [3.8, 4) is 0 Å². The van der Waals surface area contributed by atoms with E-state index in [9.17, 15) is 13.2 Å². The summed E-state index contributed by atoms with van der Waals surface area (Å²) >= 11 is 0. The second-order valence-corrected chi connectivity index (χ2v) is 6.26. The van der Waals surface area contributed by atoms with Crippen molar-refractivity contribution in [1.29, 1.82) is 0 Å². The summed E-state index contributed by atoms with van der Waals surface area (Å²) in [4.78, 5) is 11.8. The van der Waals surface area contributed by atoms with Gasteiger partial charge in [-0.1, -0.05) is 12.1 Å². The van der Waals surface area contributed by atoms with Crippen molar-refractivity contribution in [2.45, 2.75) is 24.6 Å². The molecule has 6 nitrogen and oxygen atoms in total. The van der Waals surface area contributed by atoms with Crippen molar-refractivity contribution in [1.82, 2.24) is 5.32 Å². The quantitative estimate of drug-likeness (QED) is 0.756. The number of hydrogen-bond acceptors (Lipinski definition) is 4. The maximum Gasteiger partial charge on any atom is 0.241 e. The fourth-order valence-electron chi connectivity index (χ4n) is 2.05. The molecule has 1 unspecified atom stereocenters. The van der Waals surface area contributed by atoms with Crippen LogP contribution < -0.4 is 15.8 Å². The van der Waals surface area contributed by atoms with Crippen LogP contribution in [0.4, 0.5) is 5.69 Å². The van der Waals surface area contributed by atoms with E-state index in [-0.39, 0.29) is 30.1 Å². The largest absolute Gasteiger partial charge is 0.325 e. The molecule has 4 N–H and O–H groups in total. The van der Waals surface area contributed by atoms with Gasteiger partial charge in [0.25, 0.3) is 0 Å². The molecule has 0 bridgehead atoms. The van der Waals surface area contributed by atoms with E-state index >= 15 is 0 Å². The molecule has 0 saturated carbocycles. The van der Waals surface area contributed by atoms with Gasteiger partial charge in [0.05, 0.1) is 11.8 Å². The molecule has 1 amide bonds. The average molecular weight is 320 g/mol. The van der Waals surface area contributed by atoms with E-state index in [2.05, 4.69) is 10.6 Å². The zero-order valence-corrected chi connectivity index (χ0v) is 12.5. The van der Waals surface area contributed by atoms with Crippen LogP contribution in [0.1, 0.15) is 18.4 Å². The lowest BCUT2D eigenvalue weighted by atomic mass is 10.2. The first kappa shape index (κ1) is 16.9. The SMILES string of the molecule is Cl.NS(=O)(=O)Cc1ccc(NC(=O)C2CCCN2)cc1. The maximum absolute atomic E-state index is 11.8. The molecular weight excluding hydrogens is 302 g/mol. The van der Waals surface area contributed by atoms with Crippen LogP contribution in [-0.4, -0.2) is 26.9 Å². The van der Waals surface area contributed by atoms with Crippen LogP contribution in [0.15, 0.2) is 24.3 Å². The van der Waals surface area contributed by atoms with Gasteiger partial charge in [-0.15, -0.1) is 12.4 Å². The van der Waals surface area contributed by atoms with Gasteiger partial charge in [0.15, 0.2) is 0 Å². The highest BCUT2D eigenvalue weighted by atomic mass is 35.5. The van der Waals surface area contributed by atoms with Crippen molar-refractivity contribution in [3.63, 3.8) is 0 Å². The average Bonchev–Trinajstić information content (AvgIpc) is 2.83. The lowest BCUT2D eigenvalue weighted by Gasteiger charge is -2.11. The molecule has 1 aromatic carbocycles. The number of amides is 1. The minimum atomic E-state index is -3.52. The number of hydrogen-bond donors (Lipinski definition) is 3. The number of nitrogens with one attached hydrogen (secondary N) is 2. The van der Waals surface area contributed by atoms with E-state index in [0.29, 0.717) is 11.3 Å². The van der Waals surface area contributed by atoms with Gasteiger partial charge in [0, 0.05) is 5.69 Å². The van der Waals surface area contributed by atoms with E-state index in [4.69, 9.17) is 5.14 Å². The van der Waals surface area contributed by atoms with E-state index in [1.54, 1.807) is 24.3 Å². The highest BCUT2D eigenvalue weighted by Crippen LogP contribution is 2.13. The van der Waals surface area contributed by atoms with Crippen molar-refractivity contribution in [3.05, 3.63) is 29.8 Å². The predicted octanol–water partition coefficient (Wildman–Crippen LogP) is 0.587. The minimum absolute atomic E-state index is 0. The summed E-state index contributed by atoms with van der Waals surface area (Å²) in [5, 5.41) is 10.9. The summed E-state index contributed by atoms with van der Waals surface area (Å²) in [7, 11) is -3.52. The van der Waals surface area contributed by atoms with Crippen molar-refractivity contribution in [2.24, 2.45) is 5.14 Å². The molecule has 0 radical (unpaired) electrons. The first-order valence-corrected chi connectivity index (χ1v) is 7.79. The zero-order chi connectivity index (χ0) is 13.9. The molecule has 1 aliphatic heterocycles. The molecule has 2 rings (SSSR count). The molecule has 1 aromatic rings. The van der Waals surface area contributed by atoms with Gasteiger partial charge in [0.2, 0.25) is 15.9 Å². The van der Waals surface area contributed by atoms with E-state index in [1.165, 1.54) is 0 Å². The second kappa shape index (κ2) is 7.03. The summed E-state index contributed by atoms with van der Waals surface area (Å²) < 4.78 is 21.9. The number of primary sulfonamides is 1. The molecule has 1 aliphatic rings. The van der Waals surface area contributed by atoms with Crippen LogP contribution in [0.2, 0.25) is 0 Å². The highest BCUT2D eigenvalue weighted by Gasteiger charge is 2.21. The molecule has 1 fully saturated rings. The topological polar surface area (TPSA) is 101 Å². The summed E-state index contributed by atoms with van der Waals surface area (Å²) in [5.74, 6) is -0.262. The summed E-state index contributed by atoms with van der Waals surface area (Å²) in [6, 6.07) is 6.49. The van der Waals surface area contributed by atoms with Gasteiger partial charge in [-0.05, 0) is 37.1 Å². The monoisotopic (exact) mass is 319 g/mol. The number of nitrogens with two attached hydrogens (primary N) is 1. The van der Waals surface area contributed by atoms with Gasteiger partial charge in [-0.2, -0.15) is 0 Å². The smallest absolute Gasteiger partial charge is 0.241 e. The lowest BCUT2D eigenvalue weighted by molar-refractivity contribution is -0.117. The highest BCUT2D eigenvalue weighted by molar-refractivity contribution is 7.88. The van der Waals surface area contributed by atoms with E-state index in [1.807, 2.05) is 0 Å². The number of carbonyl (C=O) groups is 1. The third kappa shape index (κ3) is 5.09. The van der Waals surface area contributed by atoms with Crippen molar-refractivity contribution < 1.29 is 13.2 Å². The number of rotatable bonds is 4. The molecule has 0 aliphatic carbocycles. The second-order valence-electron chi connectivity index (χ2n) is 4.64. The van der Waals surface area contributed by atoms with Crippen molar-refractivity contribution >= 4 is 34.0 Å². The molecule has 1 atom stereocenters. The molecule has 1 heterocycles. The standard InChI is InChI=1S/C12H17N3O3S.ClH/c13-19(17,18)8-9-3-5-10(6-4-9)15-12(16)11-2-1-7-14-11;/h3-6,11,14H,1-2,7-8H2,(H,15,16)(H2,13,17,18);1H. The van der Waals surface area contributed by atoms with Gasteiger partial charge in [-0.3, -0.25) is 4.79 Å². The number of halogens is 1. The molecule has 1 saturated heterocycles. The number of anilines is 1.